The second kappa shape index (κ2) is 5.01. The van der Waals surface area contributed by atoms with Crippen molar-refractivity contribution in [2.45, 2.75) is 38.3 Å². The van der Waals surface area contributed by atoms with Gasteiger partial charge in [0, 0.05) is 12.6 Å². The molecule has 20 heavy (non-hydrogen) atoms. The van der Waals surface area contributed by atoms with Crippen molar-refractivity contribution in [2.24, 2.45) is 17.8 Å². The second-order valence-electron chi connectivity index (χ2n) is 6.89. The third-order valence-corrected chi connectivity index (χ3v) is 5.43. The summed E-state index contributed by atoms with van der Waals surface area (Å²) < 4.78 is 0. The second-order valence-corrected chi connectivity index (χ2v) is 6.89. The molecule has 2 aliphatic heterocycles. The SMILES string of the molecule is CC1C2CNCC2CN1CC(=O)NC(C)(C#N)C1CC1. The van der Waals surface area contributed by atoms with Gasteiger partial charge in [0.1, 0.15) is 5.54 Å². The summed E-state index contributed by atoms with van der Waals surface area (Å²) in [5.74, 6) is 1.70. The maximum Gasteiger partial charge on any atom is 0.235 e. The van der Waals surface area contributed by atoms with Gasteiger partial charge in [0.25, 0.3) is 0 Å². The Hall–Kier alpha value is -1.12. The van der Waals surface area contributed by atoms with Gasteiger partial charge in [0.05, 0.1) is 12.6 Å². The molecule has 4 unspecified atom stereocenters. The van der Waals surface area contributed by atoms with Crippen molar-refractivity contribution >= 4 is 5.91 Å². The lowest BCUT2D eigenvalue weighted by Crippen LogP contribution is -2.51. The minimum Gasteiger partial charge on any atom is -0.337 e. The molecule has 0 aromatic carbocycles. The molecule has 1 aliphatic carbocycles. The van der Waals surface area contributed by atoms with Crippen LogP contribution in [-0.4, -0.2) is 48.6 Å². The van der Waals surface area contributed by atoms with Crippen molar-refractivity contribution in [3.8, 4) is 6.07 Å². The van der Waals surface area contributed by atoms with Crippen LogP contribution in [0.1, 0.15) is 26.7 Å². The van der Waals surface area contributed by atoms with Gasteiger partial charge in [-0.2, -0.15) is 5.26 Å². The van der Waals surface area contributed by atoms with E-state index in [9.17, 15) is 10.1 Å². The number of nitrogens with zero attached hydrogens (tertiary/aromatic N) is 2. The van der Waals surface area contributed by atoms with Crippen LogP contribution in [0.4, 0.5) is 0 Å². The van der Waals surface area contributed by atoms with E-state index in [0.717, 1.165) is 32.5 Å². The maximum absolute atomic E-state index is 12.3. The number of carbonyl (C=O) groups is 1. The molecule has 3 rings (SSSR count). The summed E-state index contributed by atoms with van der Waals surface area (Å²) in [6, 6.07) is 2.74. The van der Waals surface area contributed by atoms with E-state index in [1.807, 2.05) is 6.92 Å². The zero-order valence-electron chi connectivity index (χ0n) is 12.4. The lowest BCUT2D eigenvalue weighted by Gasteiger charge is -2.27. The van der Waals surface area contributed by atoms with Crippen LogP contribution in [0.25, 0.3) is 0 Å². The highest BCUT2D eigenvalue weighted by Crippen LogP contribution is 2.39. The summed E-state index contributed by atoms with van der Waals surface area (Å²) in [5.41, 5.74) is -0.669. The summed E-state index contributed by atoms with van der Waals surface area (Å²) in [7, 11) is 0. The first-order chi connectivity index (χ1) is 9.53. The molecular weight excluding hydrogens is 252 g/mol. The average Bonchev–Trinajstić information content (AvgIpc) is 3.11. The Bertz CT molecular complexity index is 442. The smallest absolute Gasteiger partial charge is 0.235 e. The minimum atomic E-state index is -0.669. The van der Waals surface area contributed by atoms with E-state index in [1.165, 1.54) is 0 Å². The predicted octanol–water partition coefficient (Wildman–Crippen LogP) is 0.335. The van der Waals surface area contributed by atoms with Gasteiger partial charge >= 0.3 is 0 Å². The Morgan fingerprint density at radius 1 is 1.50 bits per heavy atom. The fraction of sp³-hybridized carbons (Fsp3) is 0.867. The van der Waals surface area contributed by atoms with Gasteiger partial charge in [0.2, 0.25) is 5.91 Å². The molecule has 0 radical (unpaired) electrons. The van der Waals surface area contributed by atoms with Gasteiger partial charge in [-0.25, -0.2) is 0 Å². The van der Waals surface area contributed by atoms with Gasteiger partial charge in [-0.3, -0.25) is 9.69 Å². The molecule has 2 heterocycles. The molecule has 1 saturated carbocycles. The molecule has 4 atom stereocenters. The van der Waals surface area contributed by atoms with Crippen molar-refractivity contribution in [3.05, 3.63) is 0 Å². The van der Waals surface area contributed by atoms with E-state index in [4.69, 9.17) is 0 Å². The van der Waals surface area contributed by atoms with Crippen molar-refractivity contribution in [1.29, 1.82) is 5.26 Å². The van der Waals surface area contributed by atoms with E-state index < -0.39 is 5.54 Å². The summed E-state index contributed by atoms with van der Waals surface area (Å²) in [6.07, 6.45) is 2.11. The quantitative estimate of drug-likeness (QED) is 0.777. The van der Waals surface area contributed by atoms with E-state index in [0.29, 0.717) is 30.3 Å². The van der Waals surface area contributed by atoms with Crippen molar-refractivity contribution in [1.82, 2.24) is 15.5 Å². The highest BCUT2D eigenvalue weighted by molar-refractivity contribution is 5.79. The lowest BCUT2D eigenvalue weighted by atomic mass is 9.95. The van der Waals surface area contributed by atoms with Gasteiger partial charge in [-0.05, 0) is 57.5 Å². The molecule has 2 N–H and O–H groups in total. The molecule has 3 fully saturated rings. The largest absolute Gasteiger partial charge is 0.337 e. The fourth-order valence-corrected chi connectivity index (χ4v) is 3.86. The van der Waals surface area contributed by atoms with Gasteiger partial charge in [-0.1, -0.05) is 0 Å². The predicted molar refractivity (Wildman–Crippen MR) is 75.8 cm³/mol. The molecule has 0 bridgehead atoms. The highest BCUT2D eigenvalue weighted by atomic mass is 16.2. The molecule has 0 spiro atoms. The molecule has 5 nitrogen and oxygen atoms in total. The summed E-state index contributed by atoms with van der Waals surface area (Å²) >= 11 is 0. The fourth-order valence-electron chi connectivity index (χ4n) is 3.86. The number of nitriles is 1. The molecule has 2 saturated heterocycles. The molecule has 110 valence electrons. The molecular formula is C15H24N4O. The number of hydrogen-bond donors (Lipinski definition) is 2. The first kappa shape index (κ1) is 13.8. The van der Waals surface area contributed by atoms with E-state index in [-0.39, 0.29) is 5.91 Å². The molecule has 0 aromatic rings. The number of carbonyl (C=O) groups excluding carboxylic acids is 1. The normalized spacial score (nSPS) is 36.1. The van der Waals surface area contributed by atoms with Crippen LogP contribution in [0, 0.1) is 29.1 Å². The van der Waals surface area contributed by atoms with E-state index >= 15 is 0 Å². The number of amides is 1. The lowest BCUT2D eigenvalue weighted by molar-refractivity contribution is -0.123. The third kappa shape index (κ3) is 2.43. The van der Waals surface area contributed by atoms with Crippen LogP contribution in [0.3, 0.4) is 0 Å². The third-order valence-electron chi connectivity index (χ3n) is 5.43. The molecule has 3 aliphatic rings. The summed E-state index contributed by atoms with van der Waals surface area (Å²) in [6.45, 7) is 7.65. The van der Waals surface area contributed by atoms with Gasteiger partial charge in [-0.15, -0.1) is 0 Å². The Kier molecular flexibility index (Phi) is 3.47. The first-order valence-corrected chi connectivity index (χ1v) is 7.70. The topological polar surface area (TPSA) is 68.2 Å². The summed E-state index contributed by atoms with van der Waals surface area (Å²) in [4.78, 5) is 14.5. The minimum absolute atomic E-state index is 0.000678. The van der Waals surface area contributed by atoms with Crippen LogP contribution >= 0.6 is 0 Å². The number of rotatable bonds is 4. The average molecular weight is 276 g/mol. The molecule has 5 heteroatoms. The number of fused-ring (bicyclic) bond motifs is 1. The summed E-state index contributed by atoms with van der Waals surface area (Å²) in [5, 5.41) is 15.7. The number of nitrogens with one attached hydrogen (secondary N) is 2. The first-order valence-electron chi connectivity index (χ1n) is 7.70. The maximum atomic E-state index is 12.3. The Morgan fingerprint density at radius 2 is 2.25 bits per heavy atom. The van der Waals surface area contributed by atoms with Gasteiger partial charge in [0.15, 0.2) is 0 Å². The van der Waals surface area contributed by atoms with Gasteiger partial charge < -0.3 is 10.6 Å². The molecule has 0 aromatic heterocycles. The Morgan fingerprint density at radius 3 is 2.85 bits per heavy atom. The van der Waals surface area contributed by atoms with Crippen molar-refractivity contribution in [2.75, 3.05) is 26.2 Å². The standard InChI is InChI=1S/C15H24N4O/c1-10-13-6-17-5-11(13)7-19(10)8-14(20)18-15(2,9-16)12-3-4-12/h10-13,17H,3-8H2,1-2H3,(H,18,20). The molecule has 1 amide bonds. The Labute approximate surface area is 120 Å². The van der Waals surface area contributed by atoms with Crippen LogP contribution in [0.5, 0.6) is 0 Å². The van der Waals surface area contributed by atoms with Crippen LogP contribution in [0.15, 0.2) is 0 Å². The van der Waals surface area contributed by atoms with Crippen molar-refractivity contribution < 1.29 is 4.79 Å². The highest BCUT2D eigenvalue weighted by Gasteiger charge is 2.45. The zero-order chi connectivity index (χ0) is 14.3. The zero-order valence-corrected chi connectivity index (χ0v) is 12.4. The van der Waals surface area contributed by atoms with Crippen molar-refractivity contribution in [3.63, 3.8) is 0 Å². The van der Waals surface area contributed by atoms with E-state index in [1.54, 1.807) is 0 Å². The van der Waals surface area contributed by atoms with Crippen LogP contribution in [0.2, 0.25) is 0 Å². The number of likely N-dealkylation sites (tertiary alicyclic amines) is 1. The monoisotopic (exact) mass is 276 g/mol. The van der Waals surface area contributed by atoms with Crippen LogP contribution in [-0.2, 0) is 4.79 Å². The Balaban J connectivity index is 1.56. The van der Waals surface area contributed by atoms with E-state index in [2.05, 4.69) is 28.5 Å². The number of hydrogen-bond acceptors (Lipinski definition) is 4. The van der Waals surface area contributed by atoms with Crippen LogP contribution < -0.4 is 10.6 Å².